The van der Waals surface area contributed by atoms with Crippen molar-refractivity contribution in [1.82, 2.24) is 14.9 Å². The molecular formula is C19H18FN3O2S. The topological polar surface area (TPSA) is 64.0 Å². The van der Waals surface area contributed by atoms with Crippen LogP contribution < -0.4 is 10.9 Å². The molecule has 2 aromatic carbocycles. The van der Waals surface area contributed by atoms with Crippen LogP contribution in [0.15, 0.2) is 58.5 Å². The Labute approximate surface area is 154 Å². The SMILES string of the molecule is Cn1c(SCC(=O)NCCc2ccc(F)cc2)nc2ccccc2c1=O. The van der Waals surface area contributed by atoms with Gasteiger partial charge in [-0.3, -0.25) is 14.2 Å². The van der Waals surface area contributed by atoms with Crippen molar-refractivity contribution in [2.24, 2.45) is 7.05 Å². The van der Waals surface area contributed by atoms with E-state index in [9.17, 15) is 14.0 Å². The fraction of sp³-hybridized carbons (Fsp3) is 0.211. The molecule has 0 spiro atoms. The number of amides is 1. The van der Waals surface area contributed by atoms with Crippen molar-refractivity contribution in [3.05, 3.63) is 70.3 Å². The normalized spacial score (nSPS) is 10.8. The van der Waals surface area contributed by atoms with E-state index in [1.54, 1.807) is 37.4 Å². The number of nitrogens with zero attached hydrogens (tertiary/aromatic N) is 2. The van der Waals surface area contributed by atoms with Gasteiger partial charge in [0, 0.05) is 13.6 Å². The highest BCUT2D eigenvalue weighted by atomic mass is 32.2. The Hall–Kier alpha value is -2.67. The Kier molecular flexibility index (Phi) is 5.68. The summed E-state index contributed by atoms with van der Waals surface area (Å²) in [5.41, 5.74) is 1.45. The van der Waals surface area contributed by atoms with Crippen LogP contribution in [0.1, 0.15) is 5.56 Å². The summed E-state index contributed by atoms with van der Waals surface area (Å²) in [6, 6.07) is 13.3. The van der Waals surface area contributed by atoms with Gasteiger partial charge in [-0.2, -0.15) is 0 Å². The van der Waals surface area contributed by atoms with E-state index in [2.05, 4.69) is 10.3 Å². The first-order valence-electron chi connectivity index (χ1n) is 8.14. The lowest BCUT2D eigenvalue weighted by molar-refractivity contribution is -0.118. The Balaban J connectivity index is 1.56. The summed E-state index contributed by atoms with van der Waals surface area (Å²) in [4.78, 5) is 28.8. The van der Waals surface area contributed by atoms with Crippen molar-refractivity contribution in [1.29, 1.82) is 0 Å². The van der Waals surface area contributed by atoms with Gasteiger partial charge >= 0.3 is 0 Å². The van der Waals surface area contributed by atoms with Crippen LogP contribution in [0.3, 0.4) is 0 Å². The molecule has 0 aliphatic rings. The second-order valence-corrected chi connectivity index (χ2v) is 6.73. The molecule has 0 unspecified atom stereocenters. The highest BCUT2D eigenvalue weighted by molar-refractivity contribution is 7.99. The molecule has 0 saturated carbocycles. The van der Waals surface area contributed by atoms with Crippen LogP contribution in [0.25, 0.3) is 10.9 Å². The predicted molar refractivity (Wildman–Crippen MR) is 101 cm³/mol. The zero-order valence-electron chi connectivity index (χ0n) is 14.2. The van der Waals surface area contributed by atoms with Crippen LogP contribution in [0.2, 0.25) is 0 Å². The van der Waals surface area contributed by atoms with Crippen molar-refractivity contribution in [3.63, 3.8) is 0 Å². The number of carbonyl (C=O) groups is 1. The zero-order valence-corrected chi connectivity index (χ0v) is 15.1. The van der Waals surface area contributed by atoms with E-state index < -0.39 is 0 Å². The lowest BCUT2D eigenvalue weighted by atomic mass is 10.1. The maximum absolute atomic E-state index is 12.9. The summed E-state index contributed by atoms with van der Waals surface area (Å²) in [5.74, 6) is -0.246. The van der Waals surface area contributed by atoms with Crippen molar-refractivity contribution in [2.45, 2.75) is 11.6 Å². The smallest absolute Gasteiger partial charge is 0.261 e. The molecule has 26 heavy (non-hydrogen) atoms. The molecule has 7 heteroatoms. The third-order valence-electron chi connectivity index (χ3n) is 3.92. The highest BCUT2D eigenvalue weighted by Gasteiger charge is 2.10. The Morgan fingerprint density at radius 2 is 1.92 bits per heavy atom. The molecule has 0 aliphatic heterocycles. The summed E-state index contributed by atoms with van der Waals surface area (Å²) in [6.45, 7) is 0.467. The summed E-state index contributed by atoms with van der Waals surface area (Å²) < 4.78 is 14.3. The lowest BCUT2D eigenvalue weighted by Crippen LogP contribution is -2.28. The van der Waals surface area contributed by atoms with E-state index in [4.69, 9.17) is 0 Å². The van der Waals surface area contributed by atoms with Gasteiger partial charge in [0.15, 0.2) is 5.16 Å². The van der Waals surface area contributed by atoms with E-state index in [-0.39, 0.29) is 23.0 Å². The molecule has 0 radical (unpaired) electrons. The number of nitrogens with one attached hydrogen (secondary N) is 1. The number of fused-ring (bicyclic) bond motifs is 1. The molecule has 5 nitrogen and oxygen atoms in total. The molecule has 3 rings (SSSR count). The Morgan fingerprint density at radius 3 is 2.69 bits per heavy atom. The lowest BCUT2D eigenvalue weighted by Gasteiger charge is -2.09. The number of rotatable bonds is 6. The maximum atomic E-state index is 12.9. The molecule has 1 N–H and O–H groups in total. The fourth-order valence-corrected chi connectivity index (χ4v) is 3.31. The van der Waals surface area contributed by atoms with Crippen LogP contribution in [-0.4, -0.2) is 27.8 Å². The minimum absolute atomic E-state index is 0.130. The number of thioether (sulfide) groups is 1. The van der Waals surface area contributed by atoms with Crippen molar-refractivity contribution < 1.29 is 9.18 Å². The van der Waals surface area contributed by atoms with Crippen molar-refractivity contribution in [2.75, 3.05) is 12.3 Å². The van der Waals surface area contributed by atoms with Gasteiger partial charge in [0.2, 0.25) is 5.91 Å². The monoisotopic (exact) mass is 371 g/mol. The number of benzene rings is 2. The first-order chi connectivity index (χ1) is 12.5. The molecule has 0 saturated heterocycles. The zero-order chi connectivity index (χ0) is 18.5. The molecule has 0 aliphatic carbocycles. The third kappa shape index (κ3) is 4.29. The fourth-order valence-electron chi connectivity index (χ4n) is 2.51. The van der Waals surface area contributed by atoms with Gasteiger partial charge in [-0.15, -0.1) is 0 Å². The number of halogens is 1. The number of carbonyl (C=O) groups excluding carboxylic acids is 1. The van der Waals surface area contributed by atoms with Crippen LogP contribution >= 0.6 is 11.8 Å². The second-order valence-electron chi connectivity index (χ2n) is 5.79. The number of aromatic nitrogens is 2. The maximum Gasteiger partial charge on any atom is 0.261 e. The van der Waals surface area contributed by atoms with E-state index in [1.165, 1.54) is 28.5 Å². The molecule has 0 fully saturated rings. The molecule has 0 atom stereocenters. The standard InChI is InChI=1S/C19H18FN3O2S/c1-23-18(25)15-4-2-3-5-16(15)22-19(23)26-12-17(24)21-11-10-13-6-8-14(20)9-7-13/h2-9H,10-12H2,1H3,(H,21,24). The number of para-hydroxylation sites is 1. The van der Waals surface area contributed by atoms with Crippen LogP contribution in [0.4, 0.5) is 4.39 Å². The summed E-state index contributed by atoms with van der Waals surface area (Å²) >= 11 is 1.22. The van der Waals surface area contributed by atoms with E-state index in [0.717, 1.165) is 5.56 Å². The minimum atomic E-state index is -0.275. The molecule has 1 amide bonds. The molecule has 134 valence electrons. The highest BCUT2D eigenvalue weighted by Crippen LogP contribution is 2.16. The van der Waals surface area contributed by atoms with Crippen LogP contribution in [0, 0.1) is 5.82 Å². The molecule has 0 bridgehead atoms. The summed E-state index contributed by atoms with van der Waals surface area (Å²) in [6.07, 6.45) is 0.628. The second kappa shape index (κ2) is 8.14. The number of hydrogen-bond donors (Lipinski definition) is 1. The van der Waals surface area contributed by atoms with Gasteiger partial charge in [-0.25, -0.2) is 9.37 Å². The third-order valence-corrected chi connectivity index (χ3v) is 4.95. The van der Waals surface area contributed by atoms with Gasteiger partial charge < -0.3 is 5.32 Å². The first-order valence-corrected chi connectivity index (χ1v) is 9.13. The van der Waals surface area contributed by atoms with Gasteiger partial charge in [-0.05, 0) is 36.2 Å². The largest absolute Gasteiger partial charge is 0.355 e. The first kappa shape index (κ1) is 18.1. The summed E-state index contributed by atoms with van der Waals surface area (Å²) in [7, 11) is 1.65. The van der Waals surface area contributed by atoms with Gasteiger partial charge in [0.05, 0.1) is 16.7 Å². The molecule has 1 aromatic heterocycles. The molecular weight excluding hydrogens is 353 g/mol. The molecule has 3 aromatic rings. The van der Waals surface area contributed by atoms with E-state index in [0.29, 0.717) is 29.0 Å². The van der Waals surface area contributed by atoms with Crippen LogP contribution in [0.5, 0.6) is 0 Å². The predicted octanol–water partition coefficient (Wildman–Crippen LogP) is 2.52. The van der Waals surface area contributed by atoms with Crippen LogP contribution in [-0.2, 0) is 18.3 Å². The summed E-state index contributed by atoms with van der Waals surface area (Å²) in [5, 5.41) is 3.88. The minimum Gasteiger partial charge on any atom is -0.355 e. The van der Waals surface area contributed by atoms with E-state index in [1.807, 2.05) is 6.07 Å². The Bertz CT molecular complexity index is 986. The van der Waals surface area contributed by atoms with Crippen molar-refractivity contribution in [3.8, 4) is 0 Å². The quantitative estimate of drug-likeness (QED) is 0.534. The van der Waals surface area contributed by atoms with Gasteiger partial charge in [-0.1, -0.05) is 36.0 Å². The molecule has 1 heterocycles. The van der Waals surface area contributed by atoms with Crippen molar-refractivity contribution >= 4 is 28.6 Å². The average Bonchev–Trinajstić information content (AvgIpc) is 2.65. The number of hydrogen-bond acceptors (Lipinski definition) is 4. The van der Waals surface area contributed by atoms with Gasteiger partial charge in [0.1, 0.15) is 5.82 Å². The van der Waals surface area contributed by atoms with E-state index >= 15 is 0 Å². The van der Waals surface area contributed by atoms with Gasteiger partial charge in [0.25, 0.3) is 5.56 Å². The average molecular weight is 371 g/mol. The Morgan fingerprint density at radius 1 is 1.19 bits per heavy atom.